The Kier molecular flexibility index (Phi) is 9.09. The average molecular weight is 510 g/mol. The normalized spacial score (nSPS) is 14.0. The van der Waals surface area contributed by atoms with Crippen molar-refractivity contribution in [3.05, 3.63) is 58.6 Å². The molecule has 0 atom stereocenters. The molecule has 1 heterocycles. The van der Waals surface area contributed by atoms with Crippen LogP contribution in [0.5, 0.6) is 17.2 Å². The first-order valence-electron chi connectivity index (χ1n) is 12.0. The molecule has 0 aliphatic heterocycles. The van der Waals surface area contributed by atoms with Crippen LogP contribution in [0.2, 0.25) is 0 Å². The molecule has 190 valence electrons. The maximum atomic E-state index is 11.9. The lowest BCUT2D eigenvalue weighted by Gasteiger charge is -2.22. The van der Waals surface area contributed by atoms with Crippen LogP contribution in [0.4, 0.5) is 5.13 Å². The van der Waals surface area contributed by atoms with E-state index in [4.69, 9.17) is 19.9 Å². The van der Waals surface area contributed by atoms with E-state index in [-0.39, 0.29) is 12.3 Å². The van der Waals surface area contributed by atoms with E-state index in [0.717, 1.165) is 11.3 Å². The van der Waals surface area contributed by atoms with E-state index in [0.29, 0.717) is 40.8 Å². The Bertz CT molecular complexity index is 1160. The summed E-state index contributed by atoms with van der Waals surface area (Å²) in [7, 11) is 1.57. The number of anilines is 1. The van der Waals surface area contributed by atoms with Crippen molar-refractivity contribution in [2.24, 2.45) is 5.10 Å². The van der Waals surface area contributed by atoms with E-state index < -0.39 is 0 Å². The Morgan fingerprint density at radius 2 is 1.86 bits per heavy atom. The zero-order valence-electron chi connectivity index (χ0n) is 20.3. The maximum absolute atomic E-state index is 11.9. The minimum atomic E-state index is -0.307. The number of hydrazone groups is 1. The lowest BCUT2D eigenvalue weighted by Crippen LogP contribution is -2.19. The number of nitrogen functional groups attached to an aromatic ring is 1. The van der Waals surface area contributed by atoms with Crippen molar-refractivity contribution in [2.75, 3.05) is 26.1 Å². The molecule has 1 aliphatic carbocycles. The zero-order chi connectivity index (χ0) is 25.2. The Morgan fingerprint density at radius 3 is 2.58 bits per heavy atom. The molecule has 0 saturated heterocycles. The molecule has 0 unspecified atom stereocenters. The van der Waals surface area contributed by atoms with Crippen molar-refractivity contribution in [1.82, 2.24) is 15.6 Å². The monoisotopic (exact) mass is 509 g/mol. The largest absolute Gasteiger partial charge is 0.493 e. The molecule has 9 nitrogen and oxygen atoms in total. The first-order valence-corrected chi connectivity index (χ1v) is 12.9. The van der Waals surface area contributed by atoms with Gasteiger partial charge in [-0.25, -0.2) is 5.43 Å². The van der Waals surface area contributed by atoms with Gasteiger partial charge in [0.1, 0.15) is 24.0 Å². The van der Waals surface area contributed by atoms with Crippen LogP contribution >= 0.6 is 11.3 Å². The van der Waals surface area contributed by atoms with E-state index in [1.807, 2.05) is 18.2 Å². The number of hydrogen-bond acceptors (Lipinski definition) is 9. The lowest BCUT2D eigenvalue weighted by molar-refractivity contribution is -0.120. The second-order valence-electron chi connectivity index (χ2n) is 8.52. The highest BCUT2D eigenvalue weighted by molar-refractivity contribution is 7.15. The van der Waals surface area contributed by atoms with Gasteiger partial charge < -0.3 is 19.9 Å². The minimum absolute atomic E-state index is 0.0645. The number of methoxy groups -OCH3 is 1. The number of nitrogens with zero attached hydrogens (tertiary/aromatic N) is 3. The molecule has 1 aliphatic rings. The highest BCUT2D eigenvalue weighted by atomic mass is 32.1. The SMILES string of the molecule is COc1cc(C=NNC(=O)Cc2nnc(N)s2)ccc1OCCOc1ccc(C2CCCCC2)cc1. The predicted octanol–water partition coefficient (Wildman–Crippen LogP) is 4.33. The van der Waals surface area contributed by atoms with Gasteiger partial charge in [-0.05, 0) is 60.2 Å². The smallest absolute Gasteiger partial charge is 0.247 e. The summed E-state index contributed by atoms with van der Waals surface area (Å²) in [4.78, 5) is 11.9. The van der Waals surface area contributed by atoms with E-state index in [9.17, 15) is 4.79 Å². The number of nitrogens with two attached hydrogens (primary N) is 1. The van der Waals surface area contributed by atoms with Crippen LogP contribution in [0.3, 0.4) is 0 Å². The summed E-state index contributed by atoms with van der Waals surface area (Å²) in [5, 5.41) is 12.3. The molecule has 0 bridgehead atoms. The van der Waals surface area contributed by atoms with Crippen LogP contribution < -0.4 is 25.4 Å². The van der Waals surface area contributed by atoms with Crippen molar-refractivity contribution < 1.29 is 19.0 Å². The Morgan fingerprint density at radius 1 is 1.08 bits per heavy atom. The summed E-state index contributed by atoms with van der Waals surface area (Å²) in [5.74, 6) is 2.38. The fourth-order valence-electron chi connectivity index (χ4n) is 4.16. The molecule has 1 aromatic heterocycles. The Balaban J connectivity index is 1.21. The fourth-order valence-corrected chi connectivity index (χ4v) is 4.77. The first kappa shape index (κ1) is 25.4. The van der Waals surface area contributed by atoms with Crippen LogP contribution in [0, 0.1) is 0 Å². The number of ether oxygens (including phenoxy) is 3. The van der Waals surface area contributed by atoms with Crippen LogP contribution in [-0.2, 0) is 11.2 Å². The highest BCUT2D eigenvalue weighted by Crippen LogP contribution is 2.33. The number of carbonyl (C=O) groups excluding carboxylic acids is 1. The summed E-state index contributed by atoms with van der Waals surface area (Å²) in [6, 6.07) is 13.9. The number of carbonyl (C=O) groups is 1. The molecule has 3 N–H and O–H groups in total. The third-order valence-corrected chi connectivity index (χ3v) is 6.70. The standard InChI is InChI=1S/C26H31N5O4S/c1-33-23-15-18(17-28-29-24(32)16-25-30-31-26(27)36-25)7-12-22(23)35-14-13-34-21-10-8-20(9-11-21)19-5-3-2-4-6-19/h7-12,15,17,19H,2-6,13-14,16H2,1H3,(H2,27,31)(H,29,32). The molecule has 3 aromatic rings. The van der Waals surface area contributed by atoms with Gasteiger partial charge in [0.15, 0.2) is 11.5 Å². The average Bonchev–Trinajstić information content (AvgIpc) is 3.32. The molecule has 2 aromatic carbocycles. The summed E-state index contributed by atoms with van der Waals surface area (Å²) in [5.41, 5.74) is 10.1. The van der Waals surface area contributed by atoms with Gasteiger partial charge in [0.25, 0.3) is 0 Å². The van der Waals surface area contributed by atoms with Crippen LogP contribution in [0.25, 0.3) is 0 Å². The van der Waals surface area contributed by atoms with E-state index in [2.05, 4.69) is 32.9 Å². The van der Waals surface area contributed by atoms with Gasteiger partial charge in [0.2, 0.25) is 11.0 Å². The van der Waals surface area contributed by atoms with Gasteiger partial charge in [-0.1, -0.05) is 42.7 Å². The third-order valence-electron chi connectivity index (χ3n) is 5.95. The van der Waals surface area contributed by atoms with E-state index in [1.165, 1.54) is 55.2 Å². The quantitative estimate of drug-likeness (QED) is 0.224. The van der Waals surface area contributed by atoms with Gasteiger partial charge in [0.05, 0.1) is 19.7 Å². The van der Waals surface area contributed by atoms with E-state index in [1.54, 1.807) is 19.2 Å². The Hall–Kier alpha value is -3.66. The molecule has 4 rings (SSSR count). The molecular weight excluding hydrogens is 478 g/mol. The molecular formula is C26H31N5O4S. The topological polar surface area (TPSA) is 121 Å². The fraction of sp³-hybridized carbons (Fsp3) is 0.385. The molecule has 10 heteroatoms. The molecule has 36 heavy (non-hydrogen) atoms. The molecule has 1 fully saturated rings. The highest BCUT2D eigenvalue weighted by Gasteiger charge is 2.15. The number of hydrogen-bond donors (Lipinski definition) is 2. The molecule has 1 saturated carbocycles. The van der Waals surface area contributed by atoms with Gasteiger partial charge in [-0.3, -0.25) is 4.79 Å². The number of nitrogens with one attached hydrogen (secondary N) is 1. The number of rotatable bonds is 11. The molecule has 0 spiro atoms. The maximum Gasteiger partial charge on any atom is 0.247 e. The minimum Gasteiger partial charge on any atom is -0.493 e. The summed E-state index contributed by atoms with van der Waals surface area (Å²) < 4.78 is 17.1. The number of amides is 1. The van der Waals surface area contributed by atoms with Gasteiger partial charge in [-0.2, -0.15) is 5.10 Å². The van der Waals surface area contributed by atoms with Crippen molar-refractivity contribution in [3.8, 4) is 17.2 Å². The second-order valence-corrected chi connectivity index (χ2v) is 9.61. The number of benzene rings is 2. The Labute approximate surface area is 214 Å². The van der Waals surface area contributed by atoms with Crippen molar-refractivity contribution in [2.45, 2.75) is 44.4 Å². The van der Waals surface area contributed by atoms with Crippen LogP contribution in [-0.4, -0.2) is 42.6 Å². The summed E-state index contributed by atoms with van der Waals surface area (Å²) in [6.45, 7) is 0.793. The van der Waals surface area contributed by atoms with Crippen molar-refractivity contribution in [3.63, 3.8) is 0 Å². The molecule has 1 amide bonds. The third kappa shape index (κ3) is 7.42. The predicted molar refractivity (Wildman–Crippen MR) is 140 cm³/mol. The number of aromatic nitrogens is 2. The lowest BCUT2D eigenvalue weighted by atomic mass is 9.84. The second kappa shape index (κ2) is 12.9. The van der Waals surface area contributed by atoms with Gasteiger partial charge in [-0.15, -0.1) is 10.2 Å². The van der Waals surface area contributed by atoms with Crippen molar-refractivity contribution >= 4 is 28.6 Å². The zero-order valence-corrected chi connectivity index (χ0v) is 21.1. The summed E-state index contributed by atoms with van der Waals surface area (Å²) in [6.07, 6.45) is 8.19. The van der Waals surface area contributed by atoms with Crippen LogP contribution in [0.1, 0.15) is 54.2 Å². The van der Waals surface area contributed by atoms with Crippen LogP contribution in [0.15, 0.2) is 47.6 Å². The van der Waals surface area contributed by atoms with E-state index >= 15 is 0 Å². The van der Waals surface area contributed by atoms with Crippen molar-refractivity contribution in [1.29, 1.82) is 0 Å². The van der Waals surface area contributed by atoms with Gasteiger partial charge in [0, 0.05) is 0 Å². The summed E-state index contributed by atoms with van der Waals surface area (Å²) >= 11 is 1.17. The molecule has 0 radical (unpaired) electrons. The first-order chi connectivity index (χ1) is 17.6. The van der Waals surface area contributed by atoms with Gasteiger partial charge >= 0.3 is 0 Å².